The second-order valence-corrected chi connectivity index (χ2v) is 9.67. The molecule has 0 aliphatic heterocycles. The Morgan fingerprint density at radius 2 is 1.57 bits per heavy atom. The Kier molecular flexibility index (Phi) is 6.65. The van der Waals surface area contributed by atoms with Crippen molar-refractivity contribution in [1.29, 1.82) is 0 Å². The number of nitrogens with zero attached hydrogens (tertiary/aromatic N) is 2. The summed E-state index contributed by atoms with van der Waals surface area (Å²) in [6.07, 6.45) is 0.00578. The molecule has 0 saturated carbocycles. The molecule has 4 rings (SSSR count). The number of carbonyl (C=O) groups excluding carboxylic acids is 1. The molecule has 0 radical (unpaired) electrons. The summed E-state index contributed by atoms with van der Waals surface area (Å²) in [6, 6.07) is 16.9. The molecule has 0 saturated heterocycles. The van der Waals surface area contributed by atoms with E-state index in [1.165, 1.54) is 35.0 Å². The first kappa shape index (κ1) is 24.1. The lowest BCUT2D eigenvalue weighted by Crippen LogP contribution is -2.15. The first-order valence-electron chi connectivity index (χ1n) is 10.6. The van der Waals surface area contributed by atoms with Gasteiger partial charge in [0.15, 0.2) is 5.82 Å². The Bertz CT molecular complexity index is 1480. The van der Waals surface area contributed by atoms with Crippen LogP contribution in [0.3, 0.4) is 0 Å². The van der Waals surface area contributed by atoms with E-state index in [2.05, 4.69) is 15.1 Å². The molecule has 0 aliphatic rings. The number of benzene rings is 3. The highest BCUT2D eigenvalue weighted by Gasteiger charge is 2.15. The number of hydrogen-bond donors (Lipinski definition) is 2. The Labute approximate surface area is 201 Å². The minimum Gasteiger partial charge on any atom is -0.326 e. The van der Waals surface area contributed by atoms with Crippen LogP contribution in [-0.4, -0.2) is 24.1 Å². The summed E-state index contributed by atoms with van der Waals surface area (Å²) in [5.74, 6) is -1.41. The molecule has 0 aliphatic carbocycles. The van der Waals surface area contributed by atoms with Crippen molar-refractivity contribution in [3.8, 4) is 5.69 Å². The number of amides is 1. The minimum atomic E-state index is -3.87. The van der Waals surface area contributed by atoms with E-state index in [0.717, 1.165) is 23.5 Å². The van der Waals surface area contributed by atoms with Gasteiger partial charge in [-0.15, -0.1) is 0 Å². The molecule has 3 aromatic carbocycles. The van der Waals surface area contributed by atoms with Crippen molar-refractivity contribution in [2.45, 2.75) is 25.2 Å². The molecular weight excluding hydrogens is 474 g/mol. The summed E-state index contributed by atoms with van der Waals surface area (Å²) in [5, 5.41) is 6.93. The van der Waals surface area contributed by atoms with E-state index >= 15 is 0 Å². The van der Waals surface area contributed by atoms with Crippen LogP contribution in [0.4, 0.5) is 20.2 Å². The maximum Gasteiger partial charge on any atom is 0.261 e. The third-order valence-corrected chi connectivity index (χ3v) is 6.56. The van der Waals surface area contributed by atoms with Crippen LogP contribution in [0.1, 0.15) is 17.0 Å². The molecular formula is C25H22F2N4O3S. The van der Waals surface area contributed by atoms with Gasteiger partial charge in [-0.25, -0.2) is 21.9 Å². The lowest BCUT2D eigenvalue weighted by Gasteiger charge is -2.10. The Morgan fingerprint density at radius 1 is 0.914 bits per heavy atom. The number of sulfonamides is 1. The number of hydrogen-bond acceptors (Lipinski definition) is 4. The molecule has 0 atom stereocenters. The average Bonchev–Trinajstić information content (AvgIpc) is 3.13. The monoisotopic (exact) mass is 496 g/mol. The highest BCUT2D eigenvalue weighted by molar-refractivity contribution is 7.92. The highest BCUT2D eigenvalue weighted by atomic mass is 32.2. The van der Waals surface area contributed by atoms with E-state index in [1.54, 1.807) is 24.3 Å². The fourth-order valence-electron chi connectivity index (χ4n) is 3.54. The molecule has 1 heterocycles. The van der Waals surface area contributed by atoms with Crippen LogP contribution < -0.4 is 10.0 Å². The van der Waals surface area contributed by atoms with E-state index in [9.17, 15) is 22.0 Å². The van der Waals surface area contributed by atoms with Gasteiger partial charge < -0.3 is 5.32 Å². The minimum absolute atomic E-state index is 0.00578. The molecule has 7 nitrogen and oxygen atoms in total. The molecule has 0 bridgehead atoms. The van der Waals surface area contributed by atoms with Gasteiger partial charge in [-0.3, -0.25) is 9.52 Å². The van der Waals surface area contributed by atoms with Crippen molar-refractivity contribution in [2.75, 3.05) is 10.0 Å². The molecule has 1 amide bonds. The van der Waals surface area contributed by atoms with Gasteiger partial charge in [0.1, 0.15) is 11.5 Å². The molecule has 2 N–H and O–H groups in total. The van der Waals surface area contributed by atoms with Crippen LogP contribution in [0.5, 0.6) is 0 Å². The number of aryl methyl sites for hydroxylation is 2. The van der Waals surface area contributed by atoms with Gasteiger partial charge >= 0.3 is 0 Å². The molecule has 35 heavy (non-hydrogen) atoms. The van der Waals surface area contributed by atoms with Gasteiger partial charge in [0.25, 0.3) is 10.0 Å². The maximum absolute atomic E-state index is 14.6. The topological polar surface area (TPSA) is 93.1 Å². The zero-order valence-electron chi connectivity index (χ0n) is 18.9. The number of rotatable bonds is 7. The van der Waals surface area contributed by atoms with Crippen molar-refractivity contribution in [1.82, 2.24) is 9.78 Å². The van der Waals surface area contributed by atoms with Crippen molar-refractivity contribution in [3.05, 3.63) is 101 Å². The maximum atomic E-state index is 14.6. The number of halogens is 2. The lowest BCUT2D eigenvalue weighted by molar-refractivity contribution is -0.115. The molecule has 0 spiro atoms. The fraction of sp³-hybridized carbons (Fsp3) is 0.120. The van der Waals surface area contributed by atoms with Gasteiger partial charge in [0, 0.05) is 17.1 Å². The van der Waals surface area contributed by atoms with Crippen LogP contribution in [0, 0.1) is 25.5 Å². The van der Waals surface area contributed by atoms with Crippen molar-refractivity contribution in [2.24, 2.45) is 0 Å². The Balaban J connectivity index is 1.38. The largest absolute Gasteiger partial charge is 0.326 e. The smallest absolute Gasteiger partial charge is 0.261 e. The van der Waals surface area contributed by atoms with E-state index in [4.69, 9.17) is 0 Å². The lowest BCUT2D eigenvalue weighted by atomic mass is 10.1. The highest BCUT2D eigenvalue weighted by Crippen LogP contribution is 2.21. The fourth-order valence-corrected chi connectivity index (χ4v) is 4.60. The van der Waals surface area contributed by atoms with Gasteiger partial charge in [-0.1, -0.05) is 12.1 Å². The van der Waals surface area contributed by atoms with E-state index in [1.807, 2.05) is 19.9 Å². The Hall–Kier alpha value is -4.05. The van der Waals surface area contributed by atoms with Crippen molar-refractivity contribution >= 4 is 27.3 Å². The summed E-state index contributed by atoms with van der Waals surface area (Å²) in [6.45, 7) is 3.65. The van der Waals surface area contributed by atoms with Crippen LogP contribution in [0.2, 0.25) is 0 Å². The molecule has 0 unspecified atom stereocenters. The summed E-state index contributed by atoms with van der Waals surface area (Å²) in [7, 11) is -3.87. The third kappa shape index (κ3) is 5.72. The summed E-state index contributed by atoms with van der Waals surface area (Å²) >= 11 is 0. The predicted octanol–water partition coefficient (Wildman–Crippen LogP) is 4.75. The Morgan fingerprint density at radius 3 is 2.17 bits per heavy atom. The quantitative estimate of drug-likeness (QED) is 0.386. The predicted molar refractivity (Wildman–Crippen MR) is 129 cm³/mol. The molecule has 10 heteroatoms. The average molecular weight is 497 g/mol. The summed E-state index contributed by atoms with van der Waals surface area (Å²) in [5.41, 5.74) is 3.08. The number of nitrogens with one attached hydrogen (secondary N) is 2. The van der Waals surface area contributed by atoms with Crippen LogP contribution in [0.15, 0.2) is 77.7 Å². The third-order valence-electron chi connectivity index (χ3n) is 5.16. The summed E-state index contributed by atoms with van der Waals surface area (Å²) in [4.78, 5) is 12.4. The van der Waals surface area contributed by atoms with Gasteiger partial charge in [-0.05, 0) is 80.1 Å². The van der Waals surface area contributed by atoms with Crippen LogP contribution in [-0.2, 0) is 21.2 Å². The number of aromatic nitrogens is 2. The molecule has 0 fully saturated rings. The molecule has 1 aromatic heterocycles. The standard InChI is InChI=1S/C25H22F2N4O3S/c1-16-13-17(2)31(29-16)24-12-9-21(15-23(24)27)28-25(32)14-18-3-7-20(8-4-18)30-35(33,34)22-10-5-19(26)6-11-22/h3-13,15,30H,14H2,1-2H3,(H,28,32). The van der Waals surface area contributed by atoms with Gasteiger partial charge in [0.05, 0.1) is 17.0 Å². The zero-order chi connectivity index (χ0) is 25.2. The second-order valence-electron chi connectivity index (χ2n) is 7.99. The van der Waals surface area contributed by atoms with Crippen LogP contribution >= 0.6 is 0 Å². The number of anilines is 2. The molecule has 4 aromatic rings. The normalized spacial score (nSPS) is 11.3. The van der Waals surface area contributed by atoms with E-state index in [0.29, 0.717) is 16.9 Å². The first-order valence-corrected chi connectivity index (χ1v) is 12.1. The van der Waals surface area contributed by atoms with E-state index < -0.39 is 21.7 Å². The van der Waals surface area contributed by atoms with Crippen LogP contribution in [0.25, 0.3) is 5.69 Å². The number of carbonyl (C=O) groups is 1. The second kappa shape index (κ2) is 9.67. The van der Waals surface area contributed by atoms with Gasteiger partial charge in [-0.2, -0.15) is 5.10 Å². The zero-order valence-corrected chi connectivity index (χ0v) is 19.7. The van der Waals surface area contributed by atoms with Crippen molar-refractivity contribution in [3.63, 3.8) is 0 Å². The SMILES string of the molecule is Cc1cc(C)n(-c2ccc(NC(=O)Cc3ccc(NS(=O)(=O)c4ccc(F)cc4)cc3)cc2F)n1. The summed E-state index contributed by atoms with van der Waals surface area (Å²) < 4.78 is 56.4. The molecule has 180 valence electrons. The van der Waals surface area contributed by atoms with Gasteiger partial charge in [0.2, 0.25) is 5.91 Å². The van der Waals surface area contributed by atoms with E-state index in [-0.39, 0.29) is 22.9 Å². The van der Waals surface area contributed by atoms with Crippen molar-refractivity contribution < 1.29 is 22.0 Å². The first-order chi connectivity index (χ1) is 16.6.